The zero-order valence-electron chi connectivity index (χ0n) is 16.5. The number of primary amides is 1. The maximum atomic E-state index is 14.1. The number of carbonyl (C=O) groups is 1. The highest BCUT2D eigenvalue weighted by molar-refractivity contribution is 5.92. The lowest BCUT2D eigenvalue weighted by molar-refractivity contribution is 0.0995. The predicted molar refractivity (Wildman–Crippen MR) is 97.1 cm³/mol. The number of fused-ring (bicyclic) bond motifs is 1. The van der Waals surface area contributed by atoms with Gasteiger partial charge >= 0.3 is 0 Å². The topological polar surface area (TPSA) is 73.3 Å². The highest BCUT2D eigenvalue weighted by Crippen LogP contribution is 2.32. The summed E-state index contributed by atoms with van der Waals surface area (Å²) >= 11 is 0. The number of carbonyl (C=O) groups excluding carboxylic acids is 1. The molecule has 4 aromatic rings. The van der Waals surface area contributed by atoms with Crippen LogP contribution in [0.5, 0.6) is 0 Å². The van der Waals surface area contributed by atoms with Crippen LogP contribution in [0.4, 0.5) is 4.39 Å². The minimum absolute atomic E-state index is 0.0497. The Kier molecular flexibility index (Phi) is 2.98. The lowest BCUT2D eigenvalue weighted by Gasteiger charge is -2.11. The van der Waals surface area contributed by atoms with Gasteiger partial charge in [-0.25, -0.2) is 9.37 Å². The molecule has 4 rings (SSSR count). The van der Waals surface area contributed by atoms with Crippen LogP contribution >= 0.6 is 0 Å². The first-order chi connectivity index (χ1) is 13.7. The standard InChI is InChI=1S/C20H15FN4O/c1-12-3-2-4-17(24-12)15-7-6-14(21)9-16(15)13-5-8-19-23-10-18(20(22)26)25(19)11-13/h2-11H,1H3,(H2,22,26)/i1D3. The van der Waals surface area contributed by atoms with Gasteiger partial charge < -0.3 is 5.73 Å². The number of pyridine rings is 2. The second kappa shape index (κ2) is 6.07. The Morgan fingerprint density at radius 1 is 1.19 bits per heavy atom. The van der Waals surface area contributed by atoms with Crippen molar-refractivity contribution >= 4 is 11.6 Å². The fourth-order valence-electron chi connectivity index (χ4n) is 2.89. The third-order valence-corrected chi connectivity index (χ3v) is 4.08. The van der Waals surface area contributed by atoms with Crippen molar-refractivity contribution in [3.05, 3.63) is 78.1 Å². The van der Waals surface area contributed by atoms with E-state index in [4.69, 9.17) is 9.85 Å². The second-order valence-electron chi connectivity index (χ2n) is 5.75. The van der Waals surface area contributed by atoms with E-state index in [1.165, 1.54) is 28.8 Å². The fourth-order valence-corrected chi connectivity index (χ4v) is 2.89. The molecule has 128 valence electrons. The third-order valence-electron chi connectivity index (χ3n) is 4.08. The van der Waals surface area contributed by atoms with Gasteiger partial charge in [0.2, 0.25) is 0 Å². The smallest absolute Gasteiger partial charge is 0.267 e. The van der Waals surface area contributed by atoms with Crippen LogP contribution in [0.15, 0.2) is 60.9 Å². The van der Waals surface area contributed by atoms with E-state index >= 15 is 0 Å². The van der Waals surface area contributed by atoms with Gasteiger partial charge in [-0.3, -0.25) is 14.2 Å². The van der Waals surface area contributed by atoms with E-state index < -0.39 is 18.6 Å². The van der Waals surface area contributed by atoms with E-state index in [-0.39, 0.29) is 11.4 Å². The SMILES string of the molecule is [2H]C([2H])([2H])c1cccc(-c2ccc(F)cc2-c2ccc3ncc(C(N)=O)n3c2)n1. The summed E-state index contributed by atoms with van der Waals surface area (Å²) in [6.07, 6.45) is 3.00. The number of amides is 1. The molecule has 1 amide bonds. The first-order valence-electron chi connectivity index (χ1n) is 9.29. The van der Waals surface area contributed by atoms with Gasteiger partial charge in [0.05, 0.1) is 11.9 Å². The molecule has 26 heavy (non-hydrogen) atoms. The number of hydrogen-bond acceptors (Lipinski definition) is 3. The van der Waals surface area contributed by atoms with Crippen molar-refractivity contribution in [1.82, 2.24) is 14.4 Å². The normalized spacial score (nSPS) is 13.2. The van der Waals surface area contributed by atoms with Crippen molar-refractivity contribution < 1.29 is 13.3 Å². The quantitative estimate of drug-likeness (QED) is 0.614. The Labute approximate surface area is 153 Å². The summed E-state index contributed by atoms with van der Waals surface area (Å²) in [5.74, 6) is -1.10. The van der Waals surface area contributed by atoms with Gasteiger partial charge in [0.1, 0.15) is 17.2 Å². The summed E-state index contributed by atoms with van der Waals surface area (Å²) < 4.78 is 38.3. The number of nitrogens with two attached hydrogens (primary N) is 1. The summed E-state index contributed by atoms with van der Waals surface area (Å²) in [5.41, 5.74) is 8.09. The zero-order valence-corrected chi connectivity index (χ0v) is 13.5. The molecule has 0 bridgehead atoms. The number of hydrogen-bond donors (Lipinski definition) is 1. The molecule has 0 aliphatic rings. The average Bonchev–Trinajstić information content (AvgIpc) is 3.11. The summed E-state index contributed by atoms with van der Waals surface area (Å²) in [6, 6.07) is 12.3. The van der Waals surface area contributed by atoms with E-state index in [2.05, 4.69) is 9.97 Å². The lowest BCUT2D eigenvalue weighted by Crippen LogP contribution is -2.13. The molecule has 1 aromatic carbocycles. The average molecular weight is 349 g/mol. The number of halogens is 1. The highest BCUT2D eigenvalue weighted by atomic mass is 19.1. The first-order valence-corrected chi connectivity index (χ1v) is 7.79. The molecule has 0 fully saturated rings. The highest BCUT2D eigenvalue weighted by Gasteiger charge is 2.13. The number of aryl methyl sites for hydroxylation is 1. The van der Waals surface area contributed by atoms with Crippen LogP contribution in [0.25, 0.3) is 28.0 Å². The van der Waals surface area contributed by atoms with Gasteiger partial charge in [0.15, 0.2) is 0 Å². The van der Waals surface area contributed by atoms with Crippen LogP contribution in [0.1, 0.15) is 20.3 Å². The number of aromatic nitrogens is 3. The molecule has 0 saturated heterocycles. The summed E-state index contributed by atoms with van der Waals surface area (Å²) in [6.45, 7) is -2.36. The maximum Gasteiger partial charge on any atom is 0.267 e. The summed E-state index contributed by atoms with van der Waals surface area (Å²) in [7, 11) is 0. The fraction of sp³-hybridized carbons (Fsp3) is 0.0500. The Balaban J connectivity index is 1.92. The molecule has 0 unspecified atom stereocenters. The molecular weight excluding hydrogens is 331 g/mol. The molecule has 2 N–H and O–H groups in total. The summed E-state index contributed by atoms with van der Waals surface area (Å²) in [4.78, 5) is 20.0. The van der Waals surface area contributed by atoms with E-state index in [1.54, 1.807) is 36.5 Å². The Morgan fingerprint density at radius 3 is 2.88 bits per heavy atom. The van der Waals surface area contributed by atoms with Gasteiger partial charge in [-0.05, 0) is 60.4 Å². The molecule has 0 atom stereocenters. The molecular formula is C20H15FN4O. The Morgan fingerprint density at radius 2 is 2.08 bits per heavy atom. The number of nitrogens with zero attached hydrogens (tertiary/aromatic N) is 3. The van der Waals surface area contributed by atoms with Crippen LogP contribution in [0.3, 0.4) is 0 Å². The molecule has 0 aliphatic carbocycles. The van der Waals surface area contributed by atoms with Crippen LogP contribution in [-0.2, 0) is 0 Å². The third kappa shape index (κ3) is 2.71. The van der Waals surface area contributed by atoms with Gasteiger partial charge in [-0.2, -0.15) is 0 Å². The van der Waals surface area contributed by atoms with Gasteiger partial charge in [0, 0.05) is 21.6 Å². The molecule has 0 saturated carbocycles. The monoisotopic (exact) mass is 349 g/mol. The minimum Gasteiger partial charge on any atom is -0.364 e. The van der Waals surface area contributed by atoms with Crippen molar-refractivity contribution in [2.75, 3.05) is 0 Å². The number of benzene rings is 1. The minimum atomic E-state index is -2.36. The zero-order chi connectivity index (χ0) is 20.8. The van der Waals surface area contributed by atoms with Crippen LogP contribution < -0.4 is 5.73 Å². The van der Waals surface area contributed by atoms with Crippen LogP contribution in [-0.4, -0.2) is 20.3 Å². The Hall–Kier alpha value is -3.54. The lowest BCUT2D eigenvalue weighted by atomic mass is 9.98. The van der Waals surface area contributed by atoms with Crippen LogP contribution in [0.2, 0.25) is 0 Å². The van der Waals surface area contributed by atoms with Gasteiger partial charge in [-0.15, -0.1) is 0 Å². The predicted octanol–water partition coefficient (Wildman–Crippen LogP) is 3.61. The molecule has 0 spiro atoms. The van der Waals surface area contributed by atoms with Gasteiger partial charge in [0.25, 0.3) is 5.91 Å². The van der Waals surface area contributed by atoms with Crippen molar-refractivity contribution in [3.8, 4) is 22.4 Å². The van der Waals surface area contributed by atoms with Gasteiger partial charge in [-0.1, -0.05) is 6.07 Å². The second-order valence-corrected chi connectivity index (χ2v) is 5.75. The van der Waals surface area contributed by atoms with Crippen molar-refractivity contribution in [2.45, 2.75) is 6.85 Å². The summed E-state index contributed by atoms with van der Waals surface area (Å²) in [5, 5.41) is 0. The molecule has 3 heterocycles. The van der Waals surface area contributed by atoms with Crippen molar-refractivity contribution in [2.24, 2.45) is 5.73 Å². The molecule has 5 nitrogen and oxygen atoms in total. The molecule has 3 aromatic heterocycles. The van der Waals surface area contributed by atoms with E-state index in [0.29, 0.717) is 28.0 Å². The first kappa shape index (κ1) is 12.8. The van der Waals surface area contributed by atoms with E-state index in [9.17, 15) is 9.18 Å². The molecule has 0 aliphatic heterocycles. The van der Waals surface area contributed by atoms with Crippen LogP contribution in [0, 0.1) is 12.7 Å². The number of imidazole rings is 1. The number of rotatable bonds is 3. The molecule has 6 heteroatoms. The largest absolute Gasteiger partial charge is 0.364 e. The molecule has 0 radical (unpaired) electrons. The Bertz CT molecular complexity index is 1250. The van der Waals surface area contributed by atoms with Crippen molar-refractivity contribution in [3.63, 3.8) is 0 Å². The van der Waals surface area contributed by atoms with Crippen molar-refractivity contribution in [1.29, 1.82) is 0 Å². The van der Waals surface area contributed by atoms with E-state index in [0.717, 1.165) is 0 Å². The maximum absolute atomic E-state index is 14.1. The van der Waals surface area contributed by atoms with E-state index in [1.807, 2.05) is 0 Å².